The molecular formula is C15H21NO3. The summed E-state index contributed by atoms with van der Waals surface area (Å²) in [6, 6.07) is 7.96. The molecule has 0 aromatic heterocycles. The van der Waals surface area contributed by atoms with E-state index in [2.05, 4.69) is 6.92 Å². The third-order valence-electron chi connectivity index (χ3n) is 3.67. The molecule has 104 valence electrons. The molecule has 2 rings (SSSR count). The molecule has 1 aromatic rings. The lowest BCUT2D eigenvalue weighted by Gasteiger charge is -2.28. The number of rotatable bonds is 7. The number of methoxy groups -OCH3 is 1. The summed E-state index contributed by atoms with van der Waals surface area (Å²) in [7, 11) is 1.64. The first-order valence-electron chi connectivity index (χ1n) is 6.70. The van der Waals surface area contributed by atoms with Gasteiger partial charge in [-0.15, -0.1) is 0 Å². The molecule has 1 saturated carbocycles. The zero-order chi connectivity index (χ0) is 13.8. The van der Waals surface area contributed by atoms with Crippen LogP contribution in [0.5, 0.6) is 5.75 Å². The van der Waals surface area contributed by atoms with Crippen molar-refractivity contribution in [1.82, 2.24) is 4.90 Å². The minimum atomic E-state index is -0.763. The van der Waals surface area contributed by atoms with Crippen LogP contribution >= 0.6 is 0 Å². The number of nitrogens with zero attached hydrogens (tertiary/aromatic N) is 1. The summed E-state index contributed by atoms with van der Waals surface area (Å²) < 4.78 is 5.14. The molecule has 19 heavy (non-hydrogen) atoms. The normalized spacial score (nSPS) is 16.4. The van der Waals surface area contributed by atoms with E-state index in [1.54, 1.807) is 7.11 Å². The molecule has 1 unspecified atom stereocenters. The van der Waals surface area contributed by atoms with E-state index >= 15 is 0 Å². The van der Waals surface area contributed by atoms with E-state index in [1.807, 2.05) is 29.2 Å². The van der Waals surface area contributed by atoms with Crippen LogP contribution in [0.2, 0.25) is 0 Å². The lowest BCUT2D eigenvalue weighted by atomic mass is 10.1. The summed E-state index contributed by atoms with van der Waals surface area (Å²) in [5.41, 5.74) is 1.13. The molecule has 0 amide bonds. The van der Waals surface area contributed by atoms with E-state index in [4.69, 9.17) is 9.84 Å². The van der Waals surface area contributed by atoms with Crippen LogP contribution in [-0.4, -0.2) is 36.2 Å². The number of aliphatic carboxylic acids is 1. The quantitative estimate of drug-likeness (QED) is 0.821. The van der Waals surface area contributed by atoms with Gasteiger partial charge in [0.25, 0.3) is 0 Å². The highest BCUT2D eigenvalue weighted by molar-refractivity contribution is 5.69. The molecule has 1 aliphatic rings. The monoisotopic (exact) mass is 263 g/mol. The summed E-state index contributed by atoms with van der Waals surface area (Å²) in [5.74, 6) is 0.740. The largest absolute Gasteiger partial charge is 0.497 e. The number of carboxylic acids is 1. The average Bonchev–Trinajstić information content (AvgIpc) is 3.21. The Morgan fingerprint density at radius 3 is 2.53 bits per heavy atom. The van der Waals surface area contributed by atoms with Crippen molar-refractivity contribution in [1.29, 1.82) is 0 Å². The highest BCUT2D eigenvalue weighted by atomic mass is 16.5. The molecule has 4 nitrogen and oxygen atoms in total. The summed E-state index contributed by atoms with van der Waals surface area (Å²) in [6.45, 7) is 3.04. The molecule has 0 radical (unpaired) electrons. The fourth-order valence-electron chi connectivity index (χ4n) is 2.26. The fourth-order valence-corrected chi connectivity index (χ4v) is 2.26. The molecule has 1 N–H and O–H groups in total. The second-order valence-electron chi connectivity index (χ2n) is 5.22. The van der Waals surface area contributed by atoms with Crippen LogP contribution in [0.3, 0.4) is 0 Å². The maximum atomic E-state index is 11.0. The highest BCUT2D eigenvalue weighted by Gasteiger charge is 2.28. The minimum absolute atomic E-state index is 0.101. The number of carboxylic acid groups (broad SMARTS) is 1. The summed E-state index contributed by atoms with van der Waals surface area (Å²) in [4.78, 5) is 13.0. The standard InChI is InChI=1S/C15H21NO3/c1-11(13-5-7-14(19-2)8-6-13)16(10-15(17)18)9-12-3-4-12/h5-8,11-12H,3-4,9-10H2,1-2H3,(H,17,18). The molecular weight excluding hydrogens is 242 g/mol. The van der Waals surface area contributed by atoms with Gasteiger partial charge in [0.15, 0.2) is 0 Å². The number of ether oxygens (including phenoxy) is 1. The number of benzene rings is 1. The maximum absolute atomic E-state index is 11.0. The average molecular weight is 263 g/mol. The third-order valence-corrected chi connectivity index (χ3v) is 3.67. The van der Waals surface area contributed by atoms with E-state index < -0.39 is 5.97 Å². The minimum Gasteiger partial charge on any atom is -0.497 e. The van der Waals surface area contributed by atoms with Crippen LogP contribution in [-0.2, 0) is 4.79 Å². The van der Waals surface area contributed by atoms with Gasteiger partial charge in [0.2, 0.25) is 0 Å². The van der Waals surface area contributed by atoms with Gasteiger partial charge < -0.3 is 9.84 Å². The molecule has 1 aliphatic carbocycles. The van der Waals surface area contributed by atoms with Gasteiger partial charge in [-0.1, -0.05) is 12.1 Å². The van der Waals surface area contributed by atoms with Crippen molar-refractivity contribution >= 4 is 5.97 Å². The van der Waals surface area contributed by atoms with Crippen molar-refractivity contribution in [3.05, 3.63) is 29.8 Å². The first-order chi connectivity index (χ1) is 9.10. The van der Waals surface area contributed by atoms with Gasteiger partial charge in [-0.25, -0.2) is 0 Å². The van der Waals surface area contributed by atoms with Crippen LogP contribution in [0.15, 0.2) is 24.3 Å². The third kappa shape index (κ3) is 3.96. The molecule has 1 fully saturated rings. The molecule has 0 spiro atoms. The molecule has 4 heteroatoms. The van der Waals surface area contributed by atoms with Crippen molar-refractivity contribution in [2.24, 2.45) is 5.92 Å². The van der Waals surface area contributed by atoms with Gasteiger partial charge in [-0.2, -0.15) is 0 Å². The Kier molecular flexibility index (Phi) is 4.43. The summed E-state index contributed by atoms with van der Waals surface area (Å²) in [5, 5.41) is 9.03. The van der Waals surface area contributed by atoms with Crippen molar-refractivity contribution < 1.29 is 14.6 Å². The highest BCUT2D eigenvalue weighted by Crippen LogP contribution is 2.32. The second kappa shape index (κ2) is 6.06. The van der Waals surface area contributed by atoms with Crippen LogP contribution < -0.4 is 4.74 Å². The Hall–Kier alpha value is -1.55. The van der Waals surface area contributed by atoms with Gasteiger partial charge in [0, 0.05) is 12.6 Å². The van der Waals surface area contributed by atoms with Crippen molar-refractivity contribution in [2.75, 3.05) is 20.2 Å². The van der Waals surface area contributed by atoms with Crippen molar-refractivity contribution in [2.45, 2.75) is 25.8 Å². The molecule has 0 bridgehead atoms. The maximum Gasteiger partial charge on any atom is 0.317 e. The predicted molar refractivity (Wildman–Crippen MR) is 73.3 cm³/mol. The predicted octanol–water partition coefficient (Wildman–Crippen LogP) is 2.55. The van der Waals surface area contributed by atoms with Gasteiger partial charge in [-0.05, 0) is 43.4 Å². The number of carbonyl (C=O) groups is 1. The van der Waals surface area contributed by atoms with Crippen molar-refractivity contribution in [3.8, 4) is 5.75 Å². The van der Waals surface area contributed by atoms with Crippen LogP contribution in [0.1, 0.15) is 31.4 Å². The summed E-state index contributed by atoms with van der Waals surface area (Å²) >= 11 is 0. The van der Waals surface area contributed by atoms with E-state index in [-0.39, 0.29) is 12.6 Å². The molecule has 0 aliphatic heterocycles. The Balaban J connectivity index is 2.06. The molecule has 1 atom stereocenters. The molecule has 0 heterocycles. The molecule has 0 saturated heterocycles. The molecule has 1 aromatic carbocycles. The first-order valence-corrected chi connectivity index (χ1v) is 6.70. The van der Waals surface area contributed by atoms with Crippen LogP contribution in [0.25, 0.3) is 0 Å². The zero-order valence-electron chi connectivity index (χ0n) is 11.5. The second-order valence-corrected chi connectivity index (χ2v) is 5.22. The van der Waals surface area contributed by atoms with E-state index in [9.17, 15) is 4.79 Å². The van der Waals surface area contributed by atoms with Crippen molar-refractivity contribution in [3.63, 3.8) is 0 Å². The Morgan fingerprint density at radius 2 is 2.05 bits per heavy atom. The van der Waals surface area contributed by atoms with Gasteiger partial charge in [0.05, 0.1) is 13.7 Å². The van der Waals surface area contributed by atoms with E-state index in [0.29, 0.717) is 5.92 Å². The Bertz CT molecular complexity index is 426. The SMILES string of the molecule is COc1ccc(C(C)N(CC(=O)O)CC2CC2)cc1. The van der Waals surface area contributed by atoms with E-state index in [0.717, 1.165) is 17.9 Å². The Labute approximate surface area is 114 Å². The number of hydrogen-bond acceptors (Lipinski definition) is 3. The van der Waals surface area contributed by atoms with Gasteiger partial charge >= 0.3 is 5.97 Å². The Morgan fingerprint density at radius 1 is 1.42 bits per heavy atom. The summed E-state index contributed by atoms with van der Waals surface area (Å²) in [6.07, 6.45) is 2.46. The van der Waals surface area contributed by atoms with Crippen LogP contribution in [0, 0.1) is 5.92 Å². The zero-order valence-corrected chi connectivity index (χ0v) is 11.5. The van der Waals surface area contributed by atoms with Gasteiger partial charge in [0.1, 0.15) is 5.75 Å². The fraction of sp³-hybridized carbons (Fsp3) is 0.533. The number of hydrogen-bond donors (Lipinski definition) is 1. The lowest BCUT2D eigenvalue weighted by Crippen LogP contribution is -2.34. The van der Waals surface area contributed by atoms with Gasteiger partial charge in [-0.3, -0.25) is 9.69 Å². The topological polar surface area (TPSA) is 49.8 Å². The van der Waals surface area contributed by atoms with Crippen LogP contribution in [0.4, 0.5) is 0 Å². The first kappa shape index (κ1) is 13.9. The smallest absolute Gasteiger partial charge is 0.317 e. The lowest BCUT2D eigenvalue weighted by molar-refractivity contribution is -0.139. The van der Waals surface area contributed by atoms with E-state index in [1.165, 1.54) is 12.8 Å².